The van der Waals surface area contributed by atoms with Gasteiger partial charge in [0, 0.05) is 25.7 Å². The van der Waals surface area contributed by atoms with Crippen molar-refractivity contribution in [1.82, 2.24) is 0 Å². The van der Waals surface area contributed by atoms with Crippen LogP contribution in [0.15, 0.2) is 157 Å². The molecule has 5 aromatic carbocycles. The van der Waals surface area contributed by atoms with Crippen LogP contribution in [0.5, 0.6) is 0 Å². The molecule has 248 valence electrons. The molecule has 7 atom stereocenters. The maximum Gasteiger partial charge on any atom is 0.206 e. The maximum atomic E-state index is 13.7. The number of ether oxygens (including phenoxy) is 1. The van der Waals surface area contributed by atoms with Crippen LogP contribution in [0.3, 0.4) is 0 Å². The highest BCUT2D eigenvalue weighted by atomic mass is 32.2. The van der Waals surface area contributed by atoms with Crippen molar-refractivity contribution in [2.45, 2.75) is 65.9 Å². The molecule has 1 aliphatic heterocycles. The van der Waals surface area contributed by atoms with E-state index in [4.69, 9.17) is 8.92 Å². The third kappa shape index (κ3) is 6.92. The average molecular weight is 665 g/mol. The van der Waals surface area contributed by atoms with Crippen LogP contribution in [0, 0.1) is 0 Å². The van der Waals surface area contributed by atoms with Gasteiger partial charge in [-0.1, -0.05) is 140 Å². The first kappa shape index (κ1) is 33.9. The van der Waals surface area contributed by atoms with Crippen molar-refractivity contribution in [3.8, 4) is 0 Å². The maximum absolute atomic E-state index is 13.7. The third-order valence-corrected chi connectivity index (χ3v) is 10.3. The standard InChI is InChI=1S/C40H40O7S/c41-35(26-30-16-6-1-7-17-30)36-38(42,27-31-18-8-2-9-19-31)40(44,29-33-22-12-4-13-23-33)39(43,28-32-20-10-3-11-21-32)37(46-36)47-48(45)34-24-14-5-15-25-34/h1-25,35-37,41-44H,26-29H2/t35?,36-,37-,38-,39+,40+,48?/m1/s1. The van der Waals surface area contributed by atoms with Crippen molar-refractivity contribution in [1.29, 1.82) is 0 Å². The van der Waals surface area contributed by atoms with E-state index in [2.05, 4.69) is 0 Å². The van der Waals surface area contributed by atoms with Gasteiger partial charge >= 0.3 is 0 Å². The molecule has 0 bridgehead atoms. The van der Waals surface area contributed by atoms with Crippen LogP contribution in [0.2, 0.25) is 0 Å². The Bertz CT molecular complexity index is 1760. The average Bonchev–Trinajstić information content (AvgIpc) is 3.11. The summed E-state index contributed by atoms with van der Waals surface area (Å²) in [6, 6.07) is 44.9. The zero-order valence-corrected chi connectivity index (χ0v) is 27.2. The highest BCUT2D eigenvalue weighted by molar-refractivity contribution is 7.80. The summed E-state index contributed by atoms with van der Waals surface area (Å²) in [5, 5.41) is 51.6. The Hall–Kier alpha value is -3.99. The third-order valence-electron chi connectivity index (χ3n) is 9.25. The Labute approximate surface area is 283 Å². The molecule has 1 heterocycles. The van der Waals surface area contributed by atoms with Crippen molar-refractivity contribution in [3.63, 3.8) is 0 Å². The predicted octanol–water partition coefficient (Wildman–Crippen LogP) is 4.98. The second-order valence-corrected chi connectivity index (χ2v) is 13.6. The van der Waals surface area contributed by atoms with Crippen LogP contribution in [0.1, 0.15) is 22.3 Å². The van der Waals surface area contributed by atoms with E-state index in [1.54, 1.807) is 66.7 Å². The fourth-order valence-electron chi connectivity index (χ4n) is 6.79. The van der Waals surface area contributed by atoms with Gasteiger partial charge in [-0.3, -0.25) is 4.18 Å². The molecule has 8 heteroatoms. The van der Waals surface area contributed by atoms with Crippen molar-refractivity contribution >= 4 is 11.1 Å². The largest absolute Gasteiger partial charge is 0.390 e. The molecule has 1 saturated heterocycles. The van der Waals surface area contributed by atoms with E-state index in [0.717, 1.165) is 5.56 Å². The highest BCUT2D eigenvalue weighted by Gasteiger charge is 2.73. The molecule has 5 aromatic rings. The minimum absolute atomic E-state index is 0.0651. The predicted molar refractivity (Wildman–Crippen MR) is 184 cm³/mol. The zero-order valence-electron chi connectivity index (χ0n) is 26.4. The first-order chi connectivity index (χ1) is 23.2. The Kier molecular flexibility index (Phi) is 10.3. The van der Waals surface area contributed by atoms with Crippen LogP contribution in [-0.2, 0) is 45.7 Å². The molecule has 0 aromatic heterocycles. The number of hydrogen-bond donors (Lipinski definition) is 4. The summed E-state index contributed by atoms with van der Waals surface area (Å²) in [6.45, 7) is 0. The van der Waals surface area contributed by atoms with Crippen molar-refractivity contribution < 1.29 is 33.6 Å². The topological polar surface area (TPSA) is 116 Å². The Balaban J connectivity index is 1.54. The molecule has 1 aliphatic rings. The summed E-state index contributed by atoms with van der Waals surface area (Å²) in [4.78, 5) is 0.321. The zero-order chi connectivity index (χ0) is 33.6. The number of aliphatic hydroxyl groups excluding tert-OH is 1. The van der Waals surface area contributed by atoms with E-state index in [1.165, 1.54) is 0 Å². The molecular formula is C40H40O7S. The molecule has 0 aliphatic carbocycles. The fraction of sp³-hybridized carbons (Fsp3) is 0.250. The van der Waals surface area contributed by atoms with E-state index >= 15 is 0 Å². The van der Waals surface area contributed by atoms with Gasteiger partial charge in [-0.2, -0.15) is 0 Å². The van der Waals surface area contributed by atoms with Crippen LogP contribution >= 0.6 is 0 Å². The molecule has 0 spiro atoms. The summed E-state index contributed by atoms with van der Waals surface area (Å²) in [7, 11) is 0. The van der Waals surface area contributed by atoms with Crippen molar-refractivity contribution in [3.05, 3.63) is 174 Å². The molecular weight excluding hydrogens is 625 g/mol. The van der Waals surface area contributed by atoms with E-state index in [9.17, 15) is 24.6 Å². The van der Waals surface area contributed by atoms with Gasteiger partial charge in [0.15, 0.2) is 16.7 Å². The van der Waals surface area contributed by atoms with Gasteiger partial charge in [0.2, 0.25) is 6.29 Å². The van der Waals surface area contributed by atoms with Crippen LogP contribution in [0.4, 0.5) is 0 Å². The van der Waals surface area contributed by atoms with Crippen LogP contribution in [-0.4, -0.2) is 59.9 Å². The van der Waals surface area contributed by atoms with Gasteiger partial charge < -0.3 is 25.2 Å². The molecule has 0 saturated carbocycles. The summed E-state index contributed by atoms with van der Waals surface area (Å²) < 4.78 is 26.3. The SMILES string of the molecule is O=S(O[C@H]1O[C@H](C(O)Cc2ccccc2)[C@](O)(Cc2ccccc2)[C@@](O)(Cc2ccccc2)[C@]1(O)Cc1ccccc1)c1ccccc1. The van der Waals surface area contributed by atoms with Gasteiger partial charge in [-0.15, -0.1) is 0 Å². The molecule has 0 radical (unpaired) electrons. The fourth-order valence-corrected chi connectivity index (χ4v) is 7.65. The molecule has 0 amide bonds. The van der Waals surface area contributed by atoms with E-state index in [1.807, 2.05) is 84.9 Å². The first-order valence-electron chi connectivity index (χ1n) is 16.0. The number of benzene rings is 5. The monoisotopic (exact) mass is 664 g/mol. The molecule has 2 unspecified atom stereocenters. The van der Waals surface area contributed by atoms with E-state index in [-0.39, 0.29) is 25.7 Å². The summed E-state index contributed by atoms with van der Waals surface area (Å²) in [5.74, 6) is 0. The second kappa shape index (κ2) is 14.6. The number of hydrogen-bond acceptors (Lipinski definition) is 7. The Morgan fingerprint density at radius 3 is 1.46 bits per heavy atom. The summed E-state index contributed by atoms with van der Waals surface area (Å²) >= 11 is -2.15. The normalized spacial score (nSPS) is 26.8. The van der Waals surface area contributed by atoms with Gasteiger partial charge in [0.05, 0.1) is 11.0 Å². The van der Waals surface area contributed by atoms with Gasteiger partial charge in [-0.25, -0.2) is 4.21 Å². The summed E-state index contributed by atoms with van der Waals surface area (Å²) in [5.41, 5.74) is -4.44. The Morgan fingerprint density at radius 2 is 0.979 bits per heavy atom. The smallest absolute Gasteiger partial charge is 0.206 e. The number of aliphatic hydroxyl groups is 4. The lowest BCUT2D eigenvalue weighted by Gasteiger charge is -2.61. The Morgan fingerprint density at radius 1 is 0.583 bits per heavy atom. The van der Waals surface area contributed by atoms with Crippen LogP contribution < -0.4 is 0 Å². The van der Waals surface area contributed by atoms with Gasteiger partial charge in [0.1, 0.15) is 17.3 Å². The van der Waals surface area contributed by atoms with Crippen LogP contribution in [0.25, 0.3) is 0 Å². The minimum Gasteiger partial charge on any atom is -0.390 e. The van der Waals surface area contributed by atoms with Crippen molar-refractivity contribution in [2.75, 3.05) is 0 Å². The molecule has 6 rings (SSSR count). The van der Waals surface area contributed by atoms with E-state index < -0.39 is 46.4 Å². The quantitative estimate of drug-likeness (QED) is 0.149. The summed E-state index contributed by atoms with van der Waals surface area (Å²) in [6.07, 6.45) is -5.21. The lowest BCUT2D eigenvalue weighted by molar-refractivity contribution is -0.394. The minimum atomic E-state index is -2.43. The highest BCUT2D eigenvalue weighted by Crippen LogP contribution is 2.51. The van der Waals surface area contributed by atoms with Gasteiger partial charge in [-0.05, 0) is 34.4 Å². The second-order valence-electron chi connectivity index (χ2n) is 12.5. The molecule has 4 N–H and O–H groups in total. The molecule has 48 heavy (non-hydrogen) atoms. The molecule has 1 fully saturated rings. The van der Waals surface area contributed by atoms with Crippen molar-refractivity contribution in [2.24, 2.45) is 0 Å². The first-order valence-corrected chi connectivity index (χ1v) is 17.1. The van der Waals surface area contributed by atoms with E-state index in [0.29, 0.717) is 21.6 Å². The number of rotatable bonds is 12. The lowest BCUT2D eigenvalue weighted by Crippen LogP contribution is -2.83. The lowest BCUT2D eigenvalue weighted by atomic mass is 9.59. The molecule has 7 nitrogen and oxygen atoms in total. The van der Waals surface area contributed by atoms with Gasteiger partial charge in [0.25, 0.3) is 0 Å².